The molecule has 36 heavy (non-hydrogen) atoms. The summed E-state index contributed by atoms with van der Waals surface area (Å²) in [5.41, 5.74) is -1.98. The van der Waals surface area contributed by atoms with Crippen molar-refractivity contribution in [1.82, 2.24) is 0 Å². The summed E-state index contributed by atoms with van der Waals surface area (Å²) >= 11 is 0. The fourth-order valence-electron chi connectivity index (χ4n) is 8.26. The zero-order valence-corrected chi connectivity index (χ0v) is 22.3. The molecule has 0 spiro atoms. The van der Waals surface area contributed by atoms with Gasteiger partial charge in [-0.05, 0) is 62.7 Å². The van der Waals surface area contributed by atoms with E-state index in [1.165, 1.54) is 13.8 Å². The van der Waals surface area contributed by atoms with E-state index in [9.17, 15) is 29.7 Å². The van der Waals surface area contributed by atoms with E-state index in [0.717, 1.165) is 5.57 Å². The number of aliphatic hydroxyl groups excluding tert-OH is 2. The normalized spacial score (nSPS) is 44.6. The summed E-state index contributed by atoms with van der Waals surface area (Å²) in [4.78, 5) is 38.5. The second-order valence-corrected chi connectivity index (χ2v) is 12.4. The van der Waals surface area contributed by atoms with Gasteiger partial charge in [-0.15, -0.1) is 0 Å². The highest BCUT2D eigenvalue weighted by molar-refractivity contribution is 5.80. The Morgan fingerprint density at radius 1 is 1.08 bits per heavy atom. The molecule has 3 fully saturated rings. The van der Waals surface area contributed by atoms with Crippen LogP contribution in [-0.4, -0.2) is 63.1 Å². The predicted octanol–water partition coefficient (Wildman–Crippen LogP) is 2.71. The number of esters is 2. The van der Waals surface area contributed by atoms with Gasteiger partial charge in [0, 0.05) is 24.2 Å². The number of ether oxygens (including phenoxy) is 2. The highest BCUT2D eigenvalue weighted by atomic mass is 16.6. The molecule has 0 saturated heterocycles. The molecule has 4 aliphatic carbocycles. The Kier molecular flexibility index (Phi) is 6.97. The van der Waals surface area contributed by atoms with Crippen LogP contribution in [0.15, 0.2) is 11.6 Å². The number of hydrogen-bond acceptors (Lipinski definition) is 8. The first-order valence-electron chi connectivity index (χ1n) is 13.3. The molecule has 0 aromatic heterocycles. The first-order chi connectivity index (χ1) is 16.7. The van der Waals surface area contributed by atoms with Gasteiger partial charge in [0.1, 0.15) is 18.0 Å². The number of carbonyl (C=O) groups is 3. The number of aliphatic hydroxyl groups is 3. The van der Waals surface area contributed by atoms with Gasteiger partial charge >= 0.3 is 11.9 Å². The van der Waals surface area contributed by atoms with E-state index >= 15 is 0 Å². The molecule has 0 aliphatic heterocycles. The standard InChI is InChI=1S/C28H42O8/c1-14(2)22(32)25(33)36-24-23(35-16(4)30)21-20(8-7-17-13-18(31)9-11-26(17,21)5)28(34)12-10-19(15(3)29)27(24,28)6/h7,14,18-24,31-32,34H,8-13H2,1-6H3/t18?,19-,20-,21-,22?,23?,24?,26+,27+,28-/m1/s1. The predicted molar refractivity (Wildman–Crippen MR) is 130 cm³/mol. The van der Waals surface area contributed by atoms with Crippen LogP contribution in [-0.2, 0) is 23.9 Å². The van der Waals surface area contributed by atoms with Crippen molar-refractivity contribution in [1.29, 1.82) is 0 Å². The van der Waals surface area contributed by atoms with Crippen molar-refractivity contribution in [2.24, 2.45) is 34.5 Å². The van der Waals surface area contributed by atoms with Gasteiger partial charge in [0.05, 0.1) is 11.7 Å². The minimum Gasteiger partial charge on any atom is -0.458 e. The van der Waals surface area contributed by atoms with Gasteiger partial charge in [-0.25, -0.2) is 4.79 Å². The van der Waals surface area contributed by atoms with Crippen LogP contribution in [0.5, 0.6) is 0 Å². The maximum absolute atomic E-state index is 13.1. The van der Waals surface area contributed by atoms with E-state index < -0.39 is 64.6 Å². The van der Waals surface area contributed by atoms with Gasteiger partial charge in [-0.2, -0.15) is 0 Å². The molecular weight excluding hydrogens is 464 g/mol. The van der Waals surface area contributed by atoms with E-state index in [0.29, 0.717) is 38.5 Å². The second-order valence-electron chi connectivity index (χ2n) is 12.4. The number of rotatable bonds is 5. The average molecular weight is 507 g/mol. The van der Waals surface area contributed by atoms with E-state index in [4.69, 9.17) is 9.47 Å². The Morgan fingerprint density at radius 2 is 1.75 bits per heavy atom. The zero-order chi connectivity index (χ0) is 26.8. The minimum absolute atomic E-state index is 0.113. The topological polar surface area (TPSA) is 130 Å². The van der Waals surface area contributed by atoms with Gasteiger partial charge in [-0.1, -0.05) is 39.3 Å². The third-order valence-electron chi connectivity index (χ3n) is 10.2. The molecule has 4 rings (SSSR count). The van der Waals surface area contributed by atoms with Gasteiger partial charge in [-0.3, -0.25) is 9.59 Å². The number of ketones is 1. The fraction of sp³-hybridized carbons (Fsp3) is 0.821. The lowest BCUT2D eigenvalue weighted by Gasteiger charge is -2.64. The van der Waals surface area contributed by atoms with Crippen molar-refractivity contribution in [2.45, 2.75) is 110 Å². The van der Waals surface area contributed by atoms with Gasteiger partial charge in [0.2, 0.25) is 0 Å². The molecule has 0 aromatic carbocycles. The van der Waals surface area contributed by atoms with Crippen molar-refractivity contribution in [3.8, 4) is 0 Å². The van der Waals surface area contributed by atoms with E-state index in [1.807, 2.05) is 0 Å². The smallest absolute Gasteiger partial charge is 0.335 e. The average Bonchev–Trinajstić information content (AvgIpc) is 3.07. The highest BCUT2D eigenvalue weighted by Crippen LogP contribution is 2.69. The first kappa shape index (κ1) is 27.3. The third-order valence-corrected chi connectivity index (χ3v) is 10.2. The van der Waals surface area contributed by atoms with E-state index in [1.54, 1.807) is 20.8 Å². The van der Waals surface area contributed by atoms with Crippen LogP contribution in [0.3, 0.4) is 0 Å². The fourth-order valence-corrected chi connectivity index (χ4v) is 8.26. The molecule has 3 N–H and O–H groups in total. The number of fused-ring (bicyclic) bond motifs is 5. The molecular formula is C28H42O8. The van der Waals surface area contributed by atoms with Crippen LogP contribution >= 0.6 is 0 Å². The summed E-state index contributed by atoms with van der Waals surface area (Å²) in [7, 11) is 0. The summed E-state index contributed by atoms with van der Waals surface area (Å²) in [6.07, 6.45) is 1.28. The highest BCUT2D eigenvalue weighted by Gasteiger charge is 2.75. The molecule has 3 saturated carbocycles. The van der Waals surface area contributed by atoms with Crippen molar-refractivity contribution in [3.05, 3.63) is 11.6 Å². The van der Waals surface area contributed by atoms with Crippen molar-refractivity contribution in [3.63, 3.8) is 0 Å². The molecule has 10 atom stereocenters. The summed E-state index contributed by atoms with van der Waals surface area (Å²) in [6, 6.07) is 0. The zero-order valence-electron chi connectivity index (χ0n) is 22.3. The Hall–Kier alpha value is -1.77. The number of Topliss-reactive ketones (excluding diaryl/α,β-unsaturated/α-hetero) is 1. The summed E-state index contributed by atoms with van der Waals surface area (Å²) in [6.45, 7) is 10.1. The molecule has 0 amide bonds. The van der Waals surface area contributed by atoms with Crippen LogP contribution in [0.1, 0.15) is 80.1 Å². The molecule has 202 valence electrons. The van der Waals surface area contributed by atoms with Gasteiger partial charge < -0.3 is 24.8 Å². The Labute approximate surface area is 213 Å². The monoisotopic (exact) mass is 506 g/mol. The molecule has 0 heterocycles. The number of hydrogen-bond donors (Lipinski definition) is 3. The lowest BCUT2D eigenvalue weighted by Crippen LogP contribution is -2.72. The van der Waals surface area contributed by atoms with Crippen molar-refractivity contribution < 1.29 is 39.2 Å². The van der Waals surface area contributed by atoms with Crippen LogP contribution in [0.25, 0.3) is 0 Å². The van der Waals surface area contributed by atoms with Crippen LogP contribution in [0.2, 0.25) is 0 Å². The molecule has 8 nitrogen and oxygen atoms in total. The first-order valence-corrected chi connectivity index (χ1v) is 13.3. The maximum atomic E-state index is 13.1. The summed E-state index contributed by atoms with van der Waals surface area (Å²) < 4.78 is 12.0. The molecule has 4 unspecified atom stereocenters. The van der Waals surface area contributed by atoms with Gasteiger partial charge in [0.15, 0.2) is 6.10 Å². The van der Waals surface area contributed by atoms with Crippen LogP contribution < -0.4 is 0 Å². The Morgan fingerprint density at radius 3 is 2.33 bits per heavy atom. The second kappa shape index (κ2) is 9.21. The minimum atomic E-state index is -1.39. The van der Waals surface area contributed by atoms with E-state index in [-0.39, 0.29) is 17.6 Å². The lowest BCUT2D eigenvalue weighted by molar-refractivity contribution is -0.276. The lowest BCUT2D eigenvalue weighted by atomic mass is 9.44. The molecule has 0 aromatic rings. The molecule has 0 radical (unpaired) electrons. The molecule has 0 bridgehead atoms. The Bertz CT molecular complexity index is 957. The number of carbonyl (C=O) groups excluding carboxylic acids is 3. The third kappa shape index (κ3) is 3.86. The molecule has 8 heteroatoms. The maximum Gasteiger partial charge on any atom is 0.335 e. The van der Waals surface area contributed by atoms with E-state index in [2.05, 4.69) is 13.0 Å². The summed E-state index contributed by atoms with van der Waals surface area (Å²) in [5, 5.41) is 33.4. The summed E-state index contributed by atoms with van der Waals surface area (Å²) in [5.74, 6) is -3.21. The number of allylic oxidation sites excluding steroid dienone is 1. The quantitative estimate of drug-likeness (QED) is 0.383. The molecule has 4 aliphatic rings. The van der Waals surface area contributed by atoms with Crippen molar-refractivity contribution in [2.75, 3.05) is 0 Å². The SMILES string of the molecule is CC(=O)OC1C(OC(=O)C(O)C(C)C)[C@]2(C)[C@@H](C(C)=O)CC[C@@]2(O)[C@@H]2CC=C3CC(O)CC[C@]3(C)[C@@H]12. The Balaban J connectivity index is 1.91. The van der Waals surface area contributed by atoms with Crippen molar-refractivity contribution >= 4 is 17.7 Å². The van der Waals surface area contributed by atoms with Crippen LogP contribution in [0.4, 0.5) is 0 Å². The largest absolute Gasteiger partial charge is 0.458 e. The van der Waals surface area contributed by atoms with Crippen LogP contribution in [0, 0.1) is 34.5 Å². The van der Waals surface area contributed by atoms with Gasteiger partial charge in [0.25, 0.3) is 0 Å².